The molecule has 6 heteroatoms. The third kappa shape index (κ3) is 7.25. The molecule has 0 fully saturated rings. The molecule has 0 radical (unpaired) electrons. The van der Waals surface area contributed by atoms with Crippen molar-refractivity contribution >= 4 is 33.9 Å². The van der Waals surface area contributed by atoms with Gasteiger partial charge in [-0.2, -0.15) is 0 Å². The highest BCUT2D eigenvalue weighted by Gasteiger charge is 2.10. The Morgan fingerprint density at radius 3 is 2.65 bits per heavy atom. The van der Waals surface area contributed by atoms with Crippen molar-refractivity contribution in [1.82, 2.24) is 10.2 Å². The van der Waals surface area contributed by atoms with Crippen LogP contribution in [-0.2, 0) is 0 Å². The monoisotopic (exact) mass is 376 g/mol. The molecule has 2 heterocycles. The van der Waals surface area contributed by atoms with Crippen molar-refractivity contribution in [1.29, 1.82) is 0 Å². The van der Waals surface area contributed by atoms with E-state index in [9.17, 15) is 0 Å². The number of benzene rings is 1. The molecule has 5 nitrogen and oxygen atoms in total. The smallest absolute Gasteiger partial charge is 0.102 e. The lowest BCUT2D eigenvalue weighted by Crippen LogP contribution is -2.28. The number of hydrogen-bond donors (Lipinski definition) is 3. The molecule has 0 bridgehead atoms. The van der Waals surface area contributed by atoms with Gasteiger partial charge >= 0.3 is 0 Å². The summed E-state index contributed by atoms with van der Waals surface area (Å²) in [5, 5.41) is 14.9. The minimum absolute atomic E-state index is 0.999. The molecule has 26 heavy (non-hydrogen) atoms. The van der Waals surface area contributed by atoms with Crippen LogP contribution in [0.25, 0.3) is 0 Å². The van der Waals surface area contributed by atoms with E-state index in [0.29, 0.717) is 0 Å². The second kappa shape index (κ2) is 12.6. The number of aryl methyl sites for hydroxylation is 1. The highest BCUT2D eigenvalue weighted by atomic mass is 32.1. The summed E-state index contributed by atoms with van der Waals surface area (Å²) in [6.07, 6.45) is 1.93. The molecular formula is C20H32N4OS. The second-order valence-electron chi connectivity index (χ2n) is 5.79. The van der Waals surface area contributed by atoms with Crippen molar-refractivity contribution in [2.75, 3.05) is 45.7 Å². The Labute approximate surface area is 161 Å². The molecule has 0 amide bonds. The maximum Gasteiger partial charge on any atom is 0.102 e. The normalized spacial score (nSPS) is 11.2. The Hall–Kier alpha value is -1.73. The van der Waals surface area contributed by atoms with Crippen molar-refractivity contribution in [3.8, 4) is 0 Å². The molecule has 0 unspecified atom stereocenters. The highest BCUT2D eigenvalue weighted by molar-refractivity contribution is 7.16. The number of nitrogens with one attached hydrogen (secondary N) is 2. The van der Waals surface area contributed by atoms with Gasteiger partial charge in [-0.3, -0.25) is 4.99 Å². The molecule has 144 valence electrons. The number of nitrogens with zero attached hydrogens (tertiary/aromatic N) is 2. The Bertz CT molecular complexity index is 670. The summed E-state index contributed by atoms with van der Waals surface area (Å²) in [4.78, 5) is 8.06. The number of hydrogen-bond acceptors (Lipinski definition) is 6. The van der Waals surface area contributed by atoms with Gasteiger partial charge in [0.25, 0.3) is 0 Å². The van der Waals surface area contributed by atoms with Gasteiger partial charge in [-0.05, 0) is 45.3 Å². The zero-order chi connectivity index (χ0) is 19.4. The van der Waals surface area contributed by atoms with Crippen LogP contribution in [0, 0.1) is 6.92 Å². The SMILES string of the molecule is CCNCCN(C)CC.CO.Cc1cc2c(s1)Nc1ccccc1N=C2. The first-order valence-corrected chi connectivity index (χ1v) is 9.80. The third-order valence-electron chi connectivity index (χ3n) is 3.84. The fraction of sp³-hybridized carbons (Fsp3) is 0.450. The van der Waals surface area contributed by atoms with E-state index in [2.05, 4.69) is 60.5 Å². The van der Waals surface area contributed by atoms with Crippen molar-refractivity contribution in [3.05, 3.63) is 40.8 Å². The van der Waals surface area contributed by atoms with Crippen LogP contribution in [0.15, 0.2) is 35.3 Å². The average Bonchev–Trinajstić information content (AvgIpc) is 2.93. The van der Waals surface area contributed by atoms with Gasteiger partial charge in [-0.25, -0.2) is 0 Å². The van der Waals surface area contributed by atoms with E-state index >= 15 is 0 Å². The average molecular weight is 377 g/mol. The van der Waals surface area contributed by atoms with Crippen LogP contribution in [0.4, 0.5) is 16.4 Å². The molecule has 1 aliphatic rings. The topological polar surface area (TPSA) is 59.9 Å². The number of fused-ring (bicyclic) bond motifs is 2. The van der Waals surface area contributed by atoms with Crippen molar-refractivity contribution in [3.63, 3.8) is 0 Å². The van der Waals surface area contributed by atoms with Crippen molar-refractivity contribution < 1.29 is 5.11 Å². The molecule has 0 spiro atoms. The van der Waals surface area contributed by atoms with E-state index in [4.69, 9.17) is 5.11 Å². The summed E-state index contributed by atoms with van der Waals surface area (Å²) >= 11 is 1.76. The molecule has 0 atom stereocenters. The van der Waals surface area contributed by atoms with Crippen molar-refractivity contribution in [2.45, 2.75) is 20.8 Å². The first-order chi connectivity index (χ1) is 12.6. The fourth-order valence-electron chi connectivity index (χ4n) is 2.29. The Kier molecular flexibility index (Phi) is 10.8. The summed E-state index contributed by atoms with van der Waals surface area (Å²) in [7, 11) is 3.14. The van der Waals surface area contributed by atoms with Gasteiger partial charge in [0.05, 0.1) is 11.4 Å². The zero-order valence-electron chi connectivity index (χ0n) is 16.5. The van der Waals surface area contributed by atoms with Gasteiger partial charge in [0.1, 0.15) is 5.00 Å². The molecule has 0 saturated carbocycles. The maximum absolute atomic E-state index is 7.00. The summed E-state index contributed by atoms with van der Waals surface area (Å²) in [5.41, 5.74) is 3.25. The number of anilines is 2. The number of likely N-dealkylation sites (N-methyl/N-ethyl adjacent to an activating group) is 2. The number of rotatable bonds is 5. The van der Waals surface area contributed by atoms with E-state index in [1.807, 2.05) is 24.4 Å². The van der Waals surface area contributed by atoms with Gasteiger partial charge in [0.15, 0.2) is 0 Å². The minimum atomic E-state index is 0.999. The molecular weight excluding hydrogens is 344 g/mol. The summed E-state index contributed by atoms with van der Waals surface area (Å²) in [6.45, 7) is 10.9. The van der Waals surface area contributed by atoms with E-state index < -0.39 is 0 Å². The van der Waals surface area contributed by atoms with Gasteiger partial charge in [-0.1, -0.05) is 26.0 Å². The number of aliphatic hydroxyl groups is 1. The van der Waals surface area contributed by atoms with Crippen LogP contribution in [0.3, 0.4) is 0 Å². The molecule has 3 N–H and O–H groups in total. The molecule has 1 aromatic heterocycles. The predicted octanol–water partition coefficient (Wildman–Crippen LogP) is 4.02. The Morgan fingerprint density at radius 1 is 1.23 bits per heavy atom. The van der Waals surface area contributed by atoms with E-state index in [1.54, 1.807) is 11.3 Å². The number of thiophene rings is 1. The van der Waals surface area contributed by atoms with Crippen LogP contribution < -0.4 is 10.6 Å². The molecule has 0 saturated heterocycles. The number of aliphatic imine (C=N–C) groups is 1. The molecule has 2 aromatic rings. The van der Waals surface area contributed by atoms with E-state index in [0.717, 1.165) is 44.7 Å². The summed E-state index contributed by atoms with van der Waals surface area (Å²) in [5.74, 6) is 0. The predicted molar refractivity (Wildman–Crippen MR) is 116 cm³/mol. The first kappa shape index (κ1) is 22.3. The first-order valence-electron chi connectivity index (χ1n) is 8.98. The van der Waals surface area contributed by atoms with Crippen LogP contribution in [-0.4, -0.2) is 56.6 Å². The zero-order valence-corrected chi connectivity index (χ0v) is 17.4. The standard InChI is InChI=1S/C12H10N2S.C7H18N2.CH4O/c1-8-6-9-7-13-10-4-2-3-5-11(10)14-12(9)15-8;1-4-8-6-7-9(3)5-2;1-2/h2-7,14H,1H3;8H,4-7H2,1-3H3;2H,1H3. The third-order valence-corrected chi connectivity index (χ3v) is 4.82. The van der Waals surface area contributed by atoms with Crippen LogP contribution in [0.2, 0.25) is 0 Å². The lowest BCUT2D eigenvalue weighted by Gasteiger charge is -2.12. The van der Waals surface area contributed by atoms with E-state index in [1.165, 1.54) is 15.4 Å². The Balaban J connectivity index is 0.000000268. The van der Waals surface area contributed by atoms with Gasteiger partial charge in [-0.15, -0.1) is 11.3 Å². The van der Waals surface area contributed by atoms with Crippen LogP contribution in [0.1, 0.15) is 24.3 Å². The van der Waals surface area contributed by atoms with Crippen LogP contribution in [0.5, 0.6) is 0 Å². The lowest BCUT2D eigenvalue weighted by molar-refractivity contribution is 0.350. The molecule has 3 rings (SSSR count). The lowest BCUT2D eigenvalue weighted by atomic mass is 10.3. The molecule has 1 aromatic carbocycles. The fourth-order valence-corrected chi connectivity index (χ4v) is 3.18. The maximum atomic E-state index is 7.00. The summed E-state index contributed by atoms with van der Waals surface area (Å²) < 4.78 is 0. The van der Waals surface area contributed by atoms with Crippen LogP contribution >= 0.6 is 11.3 Å². The number of aliphatic hydroxyl groups excluding tert-OH is 1. The van der Waals surface area contributed by atoms with Gasteiger partial charge < -0.3 is 20.6 Å². The quantitative estimate of drug-likeness (QED) is 0.589. The van der Waals surface area contributed by atoms with Gasteiger partial charge in [0.2, 0.25) is 0 Å². The minimum Gasteiger partial charge on any atom is -0.400 e. The van der Waals surface area contributed by atoms with Gasteiger partial charge in [0, 0.05) is 36.9 Å². The number of para-hydroxylation sites is 2. The Morgan fingerprint density at radius 2 is 1.96 bits per heavy atom. The van der Waals surface area contributed by atoms with Crippen molar-refractivity contribution in [2.24, 2.45) is 4.99 Å². The molecule has 0 aliphatic carbocycles. The van der Waals surface area contributed by atoms with E-state index in [-0.39, 0.29) is 0 Å². The largest absolute Gasteiger partial charge is 0.400 e. The molecule has 1 aliphatic heterocycles. The second-order valence-corrected chi connectivity index (χ2v) is 7.05. The summed E-state index contributed by atoms with van der Waals surface area (Å²) in [6, 6.07) is 10.2. The highest BCUT2D eigenvalue weighted by Crippen LogP contribution is 2.36.